The zero-order chi connectivity index (χ0) is 16.0. The number of halogens is 2. The summed E-state index contributed by atoms with van der Waals surface area (Å²) >= 11 is 0. The molecule has 0 spiro atoms. The number of rotatable bonds is 6. The lowest BCUT2D eigenvalue weighted by atomic mass is 10.0. The molecule has 1 rings (SSSR count). The summed E-state index contributed by atoms with van der Waals surface area (Å²) in [6, 6.07) is 3.27. The molecule has 0 heterocycles. The van der Waals surface area contributed by atoms with Gasteiger partial charge in [0.15, 0.2) is 0 Å². The predicted octanol–water partition coefficient (Wildman–Crippen LogP) is 2.17. The number of carbonyl (C=O) groups excluding carboxylic acids is 1. The van der Waals surface area contributed by atoms with Gasteiger partial charge in [0.05, 0.1) is 24.0 Å². The third-order valence-corrected chi connectivity index (χ3v) is 2.35. The molecule has 0 aromatic heterocycles. The number of ether oxygens (including phenoxy) is 2. The van der Waals surface area contributed by atoms with Crippen LogP contribution in [0.25, 0.3) is 0 Å². The molecule has 21 heavy (non-hydrogen) atoms. The Kier molecular flexibility index (Phi) is 5.54. The SMILES string of the molecule is CCOC(=O)Cc1cc(OC(F)F)cc([N+](=O)[O-])c1C#N. The topological polar surface area (TPSA) is 102 Å². The number of hydrogen-bond acceptors (Lipinski definition) is 6. The molecule has 0 N–H and O–H groups in total. The first-order valence-corrected chi connectivity index (χ1v) is 5.70. The molecule has 0 unspecified atom stereocenters. The van der Waals surface area contributed by atoms with Gasteiger partial charge in [0.2, 0.25) is 0 Å². The highest BCUT2D eigenvalue weighted by atomic mass is 19.3. The van der Waals surface area contributed by atoms with Crippen molar-refractivity contribution in [1.29, 1.82) is 5.26 Å². The summed E-state index contributed by atoms with van der Waals surface area (Å²) in [7, 11) is 0. The van der Waals surface area contributed by atoms with Gasteiger partial charge in [-0.05, 0) is 18.6 Å². The highest BCUT2D eigenvalue weighted by Crippen LogP contribution is 2.29. The summed E-state index contributed by atoms with van der Waals surface area (Å²) in [5.74, 6) is -1.24. The number of nitro groups is 1. The fraction of sp³-hybridized carbons (Fsp3) is 0.333. The summed E-state index contributed by atoms with van der Waals surface area (Å²) in [5.41, 5.74) is -1.22. The minimum Gasteiger partial charge on any atom is -0.466 e. The second-order valence-electron chi connectivity index (χ2n) is 3.71. The zero-order valence-electron chi connectivity index (χ0n) is 10.8. The normalized spacial score (nSPS) is 10.0. The van der Waals surface area contributed by atoms with Crippen molar-refractivity contribution in [2.75, 3.05) is 6.61 Å². The highest BCUT2D eigenvalue weighted by molar-refractivity contribution is 5.75. The minimum atomic E-state index is -3.19. The summed E-state index contributed by atoms with van der Waals surface area (Å²) in [5, 5.41) is 19.8. The van der Waals surface area contributed by atoms with E-state index >= 15 is 0 Å². The second-order valence-corrected chi connectivity index (χ2v) is 3.71. The van der Waals surface area contributed by atoms with Crippen molar-refractivity contribution in [3.8, 4) is 11.8 Å². The Morgan fingerprint density at radius 2 is 2.19 bits per heavy atom. The molecule has 0 bridgehead atoms. The Morgan fingerprint density at radius 3 is 2.67 bits per heavy atom. The van der Waals surface area contributed by atoms with Crippen molar-refractivity contribution in [1.82, 2.24) is 0 Å². The first-order valence-electron chi connectivity index (χ1n) is 5.70. The molecule has 7 nitrogen and oxygen atoms in total. The number of nitriles is 1. The predicted molar refractivity (Wildman–Crippen MR) is 64.8 cm³/mol. The Labute approximate surface area is 117 Å². The zero-order valence-corrected chi connectivity index (χ0v) is 10.8. The molecule has 1 aromatic rings. The Bertz CT molecular complexity index is 598. The van der Waals surface area contributed by atoms with Gasteiger partial charge in [0.25, 0.3) is 5.69 Å². The molecule has 0 amide bonds. The van der Waals surface area contributed by atoms with Gasteiger partial charge in [-0.3, -0.25) is 14.9 Å². The average Bonchev–Trinajstić information content (AvgIpc) is 2.37. The van der Waals surface area contributed by atoms with Crippen LogP contribution in [0.1, 0.15) is 18.1 Å². The lowest BCUT2D eigenvalue weighted by molar-refractivity contribution is -0.385. The number of alkyl halides is 2. The Balaban J connectivity index is 3.30. The van der Waals surface area contributed by atoms with Crippen molar-refractivity contribution in [3.05, 3.63) is 33.4 Å². The maximum absolute atomic E-state index is 12.2. The van der Waals surface area contributed by atoms with Gasteiger partial charge < -0.3 is 9.47 Å². The van der Waals surface area contributed by atoms with E-state index in [0.29, 0.717) is 6.07 Å². The van der Waals surface area contributed by atoms with Crippen LogP contribution in [-0.2, 0) is 16.0 Å². The van der Waals surface area contributed by atoms with Gasteiger partial charge in [-0.15, -0.1) is 0 Å². The maximum Gasteiger partial charge on any atom is 0.387 e. The van der Waals surface area contributed by atoms with E-state index in [1.165, 1.54) is 0 Å². The van der Waals surface area contributed by atoms with Crippen LogP contribution in [0.2, 0.25) is 0 Å². The third-order valence-electron chi connectivity index (χ3n) is 2.35. The minimum absolute atomic E-state index is 0.0794. The van der Waals surface area contributed by atoms with Crippen LogP contribution in [0.15, 0.2) is 12.1 Å². The number of nitro benzene ring substituents is 1. The quantitative estimate of drug-likeness (QED) is 0.453. The van der Waals surface area contributed by atoms with E-state index in [1.807, 2.05) is 0 Å². The van der Waals surface area contributed by atoms with E-state index in [9.17, 15) is 23.7 Å². The molecule has 112 valence electrons. The van der Waals surface area contributed by atoms with E-state index in [1.54, 1.807) is 13.0 Å². The van der Waals surface area contributed by atoms with Crippen molar-refractivity contribution < 1.29 is 28.0 Å². The Morgan fingerprint density at radius 1 is 1.52 bits per heavy atom. The van der Waals surface area contributed by atoms with Crippen molar-refractivity contribution in [2.24, 2.45) is 0 Å². The number of hydrogen-bond donors (Lipinski definition) is 0. The van der Waals surface area contributed by atoms with E-state index in [-0.39, 0.29) is 12.2 Å². The van der Waals surface area contributed by atoms with Crippen LogP contribution < -0.4 is 4.74 Å². The van der Waals surface area contributed by atoms with E-state index in [0.717, 1.165) is 6.07 Å². The number of nitrogens with zero attached hydrogens (tertiary/aromatic N) is 2. The summed E-state index contributed by atoms with van der Waals surface area (Å²) in [6.07, 6.45) is -0.460. The Hall–Kier alpha value is -2.76. The van der Waals surface area contributed by atoms with Gasteiger partial charge in [-0.2, -0.15) is 14.0 Å². The lowest BCUT2D eigenvalue weighted by Gasteiger charge is -2.09. The first-order chi connectivity index (χ1) is 9.88. The van der Waals surface area contributed by atoms with Crippen LogP contribution in [0.5, 0.6) is 5.75 Å². The molecule has 0 saturated carbocycles. The second kappa shape index (κ2) is 7.14. The molecule has 0 aliphatic rings. The average molecular weight is 300 g/mol. The van der Waals surface area contributed by atoms with Gasteiger partial charge >= 0.3 is 12.6 Å². The van der Waals surface area contributed by atoms with Crippen LogP contribution in [0.4, 0.5) is 14.5 Å². The van der Waals surface area contributed by atoms with Crippen molar-refractivity contribution in [3.63, 3.8) is 0 Å². The van der Waals surface area contributed by atoms with Gasteiger partial charge in [-0.25, -0.2) is 0 Å². The molecule has 0 atom stereocenters. The lowest BCUT2D eigenvalue weighted by Crippen LogP contribution is -2.11. The van der Waals surface area contributed by atoms with Crippen LogP contribution in [0, 0.1) is 21.4 Å². The summed E-state index contributed by atoms with van der Waals surface area (Å²) < 4.78 is 33.2. The number of carbonyl (C=O) groups is 1. The van der Waals surface area contributed by atoms with Crippen LogP contribution in [0.3, 0.4) is 0 Å². The molecule has 9 heteroatoms. The van der Waals surface area contributed by atoms with E-state index in [2.05, 4.69) is 9.47 Å². The standard InChI is InChI=1S/C12H10F2N2O5/c1-2-20-11(17)4-7-3-8(21-12(13)14)5-10(16(18)19)9(7)6-15/h3,5,12H,2,4H2,1H3. The largest absolute Gasteiger partial charge is 0.466 e. The van der Waals surface area contributed by atoms with Crippen LogP contribution >= 0.6 is 0 Å². The van der Waals surface area contributed by atoms with E-state index < -0.39 is 40.9 Å². The van der Waals surface area contributed by atoms with Gasteiger partial charge in [0.1, 0.15) is 17.4 Å². The molecule has 0 fully saturated rings. The molecule has 0 aliphatic heterocycles. The molecule has 0 aliphatic carbocycles. The molecule has 1 aromatic carbocycles. The van der Waals surface area contributed by atoms with Gasteiger partial charge in [0, 0.05) is 0 Å². The summed E-state index contributed by atoms with van der Waals surface area (Å²) in [4.78, 5) is 21.4. The third kappa shape index (κ3) is 4.38. The highest BCUT2D eigenvalue weighted by Gasteiger charge is 2.23. The molecular weight excluding hydrogens is 290 g/mol. The molecular formula is C12H10F2N2O5. The molecule has 0 radical (unpaired) electrons. The van der Waals surface area contributed by atoms with Crippen LogP contribution in [-0.4, -0.2) is 24.1 Å². The van der Waals surface area contributed by atoms with Crippen molar-refractivity contribution >= 4 is 11.7 Å². The summed E-state index contributed by atoms with van der Waals surface area (Å²) in [6.45, 7) is -1.55. The number of esters is 1. The fourth-order valence-corrected chi connectivity index (χ4v) is 1.61. The molecule has 0 saturated heterocycles. The number of benzene rings is 1. The first kappa shape index (κ1) is 16.3. The van der Waals surface area contributed by atoms with Crippen molar-refractivity contribution in [2.45, 2.75) is 20.0 Å². The van der Waals surface area contributed by atoms with E-state index in [4.69, 9.17) is 5.26 Å². The smallest absolute Gasteiger partial charge is 0.387 e. The maximum atomic E-state index is 12.2. The fourth-order valence-electron chi connectivity index (χ4n) is 1.61. The monoisotopic (exact) mass is 300 g/mol. The van der Waals surface area contributed by atoms with Gasteiger partial charge in [-0.1, -0.05) is 0 Å².